The highest BCUT2D eigenvalue weighted by atomic mass is 16.5. The molecule has 1 aromatic rings. The van der Waals surface area contributed by atoms with Gasteiger partial charge in [0.15, 0.2) is 0 Å². The number of nitrogens with zero attached hydrogens (tertiary/aromatic N) is 2. The molecule has 80 valence electrons. The summed E-state index contributed by atoms with van der Waals surface area (Å²) in [6.45, 7) is 7.51. The summed E-state index contributed by atoms with van der Waals surface area (Å²) in [6.07, 6.45) is 0. The number of aryl methyl sites for hydroxylation is 2. The van der Waals surface area contributed by atoms with Crippen molar-refractivity contribution < 1.29 is 4.74 Å². The van der Waals surface area contributed by atoms with Gasteiger partial charge in [-0.3, -0.25) is 4.68 Å². The first-order valence-electron chi connectivity index (χ1n) is 4.88. The average molecular weight is 197 g/mol. The van der Waals surface area contributed by atoms with Crippen molar-refractivity contribution >= 4 is 5.82 Å². The van der Waals surface area contributed by atoms with E-state index in [1.54, 1.807) is 4.68 Å². The van der Waals surface area contributed by atoms with Crippen molar-refractivity contribution in [3.8, 4) is 0 Å². The van der Waals surface area contributed by atoms with Crippen molar-refractivity contribution in [1.82, 2.24) is 9.78 Å². The summed E-state index contributed by atoms with van der Waals surface area (Å²) in [5, 5.41) is 4.22. The molecule has 1 aromatic heterocycles. The molecule has 0 saturated carbocycles. The molecule has 0 aliphatic heterocycles. The molecule has 0 unspecified atom stereocenters. The van der Waals surface area contributed by atoms with Crippen LogP contribution in [0.3, 0.4) is 0 Å². The zero-order chi connectivity index (χ0) is 10.7. The maximum atomic E-state index is 5.84. The van der Waals surface area contributed by atoms with E-state index in [1.165, 1.54) is 0 Å². The monoisotopic (exact) mass is 197 g/mol. The van der Waals surface area contributed by atoms with Crippen LogP contribution in [0.4, 0.5) is 5.82 Å². The molecule has 0 saturated heterocycles. The number of aromatic nitrogens is 2. The van der Waals surface area contributed by atoms with Gasteiger partial charge in [0.1, 0.15) is 5.82 Å². The first-order valence-corrected chi connectivity index (χ1v) is 4.88. The average Bonchev–Trinajstić information content (AvgIpc) is 2.31. The number of anilines is 1. The molecule has 2 N–H and O–H groups in total. The van der Waals surface area contributed by atoms with Crippen molar-refractivity contribution in [1.29, 1.82) is 0 Å². The molecule has 1 heterocycles. The van der Waals surface area contributed by atoms with Gasteiger partial charge in [-0.1, -0.05) is 13.8 Å². The van der Waals surface area contributed by atoms with Crippen LogP contribution in [-0.4, -0.2) is 16.4 Å². The Morgan fingerprint density at radius 3 is 2.57 bits per heavy atom. The van der Waals surface area contributed by atoms with Gasteiger partial charge in [-0.05, 0) is 12.8 Å². The van der Waals surface area contributed by atoms with Crippen molar-refractivity contribution in [3.63, 3.8) is 0 Å². The number of ether oxygens (including phenoxy) is 1. The van der Waals surface area contributed by atoms with Crippen LogP contribution < -0.4 is 5.73 Å². The molecular formula is C10H19N3O. The quantitative estimate of drug-likeness (QED) is 0.795. The van der Waals surface area contributed by atoms with Gasteiger partial charge in [0.25, 0.3) is 0 Å². The van der Waals surface area contributed by atoms with E-state index >= 15 is 0 Å². The van der Waals surface area contributed by atoms with Crippen LogP contribution >= 0.6 is 0 Å². The van der Waals surface area contributed by atoms with Gasteiger partial charge in [-0.15, -0.1) is 0 Å². The van der Waals surface area contributed by atoms with Crippen LogP contribution in [0.2, 0.25) is 0 Å². The highest BCUT2D eigenvalue weighted by Crippen LogP contribution is 2.16. The molecule has 0 aliphatic carbocycles. The first-order chi connectivity index (χ1) is 6.52. The second kappa shape index (κ2) is 4.46. The van der Waals surface area contributed by atoms with Gasteiger partial charge in [0.05, 0.1) is 12.3 Å². The smallest absolute Gasteiger partial charge is 0.127 e. The van der Waals surface area contributed by atoms with E-state index in [1.807, 2.05) is 14.0 Å². The standard InChI is InChI=1S/C10H19N3O/c1-7(2)5-14-6-9-8(3)12-13(4)10(9)11/h7H,5-6,11H2,1-4H3. The van der Waals surface area contributed by atoms with Crippen LogP contribution in [0.1, 0.15) is 25.1 Å². The van der Waals surface area contributed by atoms with Gasteiger partial charge in [0, 0.05) is 19.2 Å². The SMILES string of the molecule is Cc1nn(C)c(N)c1COCC(C)C. The van der Waals surface area contributed by atoms with Crippen LogP contribution in [-0.2, 0) is 18.4 Å². The molecule has 0 radical (unpaired) electrons. The summed E-state index contributed by atoms with van der Waals surface area (Å²) < 4.78 is 7.21. The molecule has 0 aliphatic rings. The molecule has 0 bridgehead atoms. The predicted octanol–water partition coefficient (Wildman–Crippen LogP) is 1.48. The maximum absolute atomic E-state index is 5.84. The Balaban J connectivity index is 2.58. The summed E-state index contributed by atoms with van der Waals surface area (Å²) in [5.74, 6) is 1.25. The predicted molar refractivity (Wildman–Crippen MR) is 56.9 cm³/mol. The minimum atomic E-state index is 0.549. The van der Waals surface area contributed by atoms with Gasteiger partial charge >= 0.3 is 0 Å². The summed E-state index contributed by atoms with van der Waals surface area (Å²) >= 11 is 0. The lowest BCUT2D eigenvalue weighted by atomic mass is 10.2. The fourth-order valence-corrected chi connectivity index (χ4v) is 1.29. The Kier molecular flexibility index (Phi) is 3.52. The highest BCUT2D eigenvalue weighted by molar-refractivity contribution is 5.42. The Hall–Kier alpha value is -1.03. The number of hydrogen-bond acceptors (Lipinski definition) is 3. The zero-order valence-corrected chi connectivity index (χ0v) is 9.37. The van der Waals surface area contributed by atoms with Crippen LogP contribution in [0.15, 0.2) is 0 Å². The molecule has 1 rings (SSSR count). The third-order valence-electron chi connectivity index (χ3n) is 2.09. The molecule has 4 nitrogen and oxygen atoms in total. The molecule has 0 atom stereocenters. The first kappa shape index (κ1) is 11.0. The van der Waals surface area contributed by atoms with E-state index in [4.69, 9.17) is 10.5 Å². The Morgan fingerprint density at radius 1 is 1.50 bits per heavy atom. The van der Waals surface area contributed by atoms with Gasteiger partial charge < -0.3 is 10.5 Å². The van der Waals surface area contributed by atoms with Crippen molar-refractivity contribution in [2.24, 2.45) is 13.0 Å². The van der Waals surface area contributed by atoms with Crippen LogP contribution in [0.25, 0.3) is 0 Å². The lowest BCUT2D eigenvalue weighted by Gasteiger charge is -2.06. The second-order valence-electron chi connectivity index (χ2n) is 3.98. The number of nitrogen functional groups attached to an aromatic ring is 1. The molecule has 4 heteroatoms. The molecule has 0 fully saturated rings. The van der Waals surface area contributed by atoms with Gasteiger partial charge in [0.2, 0.25) is 0 Å². The third-order valence-corrected chi connectivity index (χ3v) is 2.09. The van der Waals surface area contributed by atoms with E-state index < -0.39 is 0 Å². The fourth-order valence-electron chi connectivity index (χ4n) is 1.29. The van der Waals surface area contributed by atoms with E-state index in [9.17, 15) is 0 Å². The van der Waals surface area contributed by atoms with E-state index in [0.29, 0.717) is 18.3 Å². The van der Waals surface area contributed by atoms with Crippen LogP contribution in [0.5, 0.6) is 0 Å². The summed E-state index contributed by atoms with van der Waals surface area (Å²) in [7, 11) is 1.84. The van der Waals surface area contributed by atoms with E-state index in [2.05, 4.69) is 18.9 Å². The zero-order valence-electron chi connectivity index (χ0n) is 9.37. The van der Waals surface area contributed by atoms with Crippen molar-refractivity contribution in [2.45, 2.75) is 27.4 Å². The lowest BCUT2D eigenvalue weighted by molar-refractivity contribution is 0.0971. The third kappa shape index (κ3) is 2.48. The minimum absolute atomic E-state index is 0.549. The van der Waals surface area contributed by atoms with E-state index in [-0.39, 0.29) is 0 Å². The summed E-state index contributed by atoms with van der Waals surface area (Å²) in [4.78, 5) is 0. The summed E-state index contributed by atoms with van der Waals surface area (Å²) in [6, 6.07) is 0. The van der Waals surface area contributed by atoms with Gasteiger partial charge in [-0.2, -0.15) is 5.10 Å². The molecule has 14 heavy (non-hydrogen) atoms. The fraction of sp³-hybridized carbons (Fsp3) is 0.700. The minimum Gasteiger partial charge on any atom is -0.384 e. The largest absolute Gasteiger partial charge is 0.384 e. The number of rotatable bonds is 4. The van der Waals surface area contributed by atoms with E-state index in [0.717, 1.165) is 17.9 Å². The van der Waals surface area contributed by atoms with Crippen molar-refractivity contribution in [2.75, 3.05) is 12.3 Å². The van der Waals surface area contributed by atoms with Crippen LogP contribution in [0, 0.1) is 12.8 Å². The molecular weight excluding hydrogens is 178 g/mol. The Bertz CT molecular complexity index is 305. The second-order valence-corrected chi connectivity index (χ2v) is 3.98. The topological polar surface area (TPSA) is 53.1 Å². The molecule has 0 spiro atoms. The number of hydrogen-bond donors (Lipinski definition) is 1. The van der Waals surface area contributed by atoms with Crippen molar-refractivity contribution in [3.05, 3.63) is 11.3 Å². The Morgan fingerprint density at radius 2 is 2.14 bits per heavy atom. The highest BCUT2D eigenvalue weighted by Gasteiger charge is 2.09. The number of nitrogens with two attached hydrogens (primary N) is 1. The maximum Gasteiger partial charge on any atom is 0.127 e. The summed E-state index contributed by atoms with van der Waals surface area (Å²) in [5.41, 5.74) is 7.80. The molecule has 0 aromatic carbocycles. The lowest BCUT2D eigenvalue weighted by Crippen LogP contribution is -2.04. The van der Waals surface area contributed by atoms with Gasteiger partial charge in [-0.25, -0.2) is 0 Å². The Labute approximate surface area is 85.0 Å². The normalized spacial score (nSPS) is 11.2. The molecule has 0 amide bonds.